The second-order valence-electron chi connectivity index (χ2n) is 7.08. The van der Waals surface area contributed by atoms with Crippen LogP contribution in [0.3, 0.4) is 0 Å². The molecule has 0 fully saturated rings. The van der Waals surface area contributed by atoms with Crippen LogP contribution in [0.2, 0.25) is 0 Å². The van der Waals surface area contributed by atoms with Gasteiger partial charge in [0.1, 0.15) is 34.4 Å². The average Bonchev–Trinajstić information content (AvgIpc) is 3.32. The molecule has 4 rings (SSSR count). The fraction of sp³-hybridized carbons (Fsp3) is 0.182. The Morgan fingerprint density at radius 3 is 2.74 bits per heavy atom. The van der Waals surface area contributed by atoms with Crippen LogP contribution in [-0.4, -0.2) is 37.3 Å². The van der Waals surface area contributed by atoms with E-state index >= 15 is 0 Å². The zero-order chi connectivity index (χ0) is 24.4. The van der Waals surface area contributed by atoms with Gasteiger partial charge in [-0.25, -0.2) is 28.2 Å². The summed E-state index contributed by atoms with van der Waals surface area (Å²) >= 11 is 0.860. The summed E-state index contributed by atoms with van der Waals surface area (Å²) in [4.78, 5) is 29.7. The summed E-state index contributed by atoms with van der Waals surface area (Å²) in [6, 6.07) is 5.88. The molecule has 2 aromatic carbocycles. The number of methoxy groups -OCH3 is 1. The van der Waals surface area contributed by atoms with Crippen LogP contribution < -0.4 is 19.9 Å². The summed E-state index contributed by atoms with van der Waals surface area (Å²) in [5.41, 5.74) is 2.01. The van der Waals surface area contributed by atoms with Crippen molar-refractivity contribution in [1.29, 1.82) is 0 Å². The van der Waals surface area contributed by atoms with Crippen LogP contribution in [0.1, 0.15) is 25.6 Å². The topological polar surface area (TPSA) is 97.3 Å². The minimum Gasteiger partial charge on any atom is -0.496 e. The van der Waals surface area contributed by atoms with E-state index in [-0.39, 0.29) is 53.0 Å². The van der Waals surface area contributed by atoms with Crippen molar-refractivity contribution in [3.63, 3.8) is 0 Å². The van der Waals surface area contributed by atoms with E-state index in [1.807, 2.05) is 0 Å². The molecule has 0 saturated carbocycles. The molecular weight excluding hydrogens is 477 g/mol. The van der Waals surface area contributed by atoms with Crippen LogP contribution in [0, 0.1) is 17.5 Å². The number of fused-ring (bicyclic) bond motifs is 1. The predicted molar refractivity (Wildman–Crippen MR) is 116 cm³/mol. The fourth-order valence-corrected chi connectivity index (χ4v) is 4.21. The highest BCUT2D eigenvalue weighted by atomic mass is 32.1. The number of hydrogen-bond donors (Lipinski definition) is 2. The van der Waals surface area contributed by atoms with E-state index in [1.54, 1.807) is 0 Å². The van der Waals surface area contributed by atoms with Crippen molar-refractivity contribution in [2.75, 3.05) is 30.6 Å². The van der Waals surface area contributed by atoms with Crippen LogP contribution in [-0.2, 0) is 11.4 Å². The molecule has 178 valence electrons. The maximum Gasteiger partial charge on any atom is 0.373 e. The van der Waals surface area contributed by atoms with Crippen LogP contribution in [0.15, 0.2) is 35.7 Å². The van der Waals surface area contributed by atoms with Crippen molar-refractivity contribution in [2.24, 2.45) is 0 Å². The van der Waals surface area contributed by atoms with Gasteiger partial charge in [0.05, 0.1) is 19.2 Å². The lowest BCUT2D eigenvalue weighted by atomic mass is 10.1. The summed E-state index contributed by atoms with van der Waals surface area (Å²) in [5, 5.41) is 10.5. The maximum absolute atomic E-state index is 14.6. The number of anilines is 2. The minimum absolute atomic E-state index is 0.00308. The number of ether oxygens (including phenoxy) is 2. The second kappa shape index (κ2) is 9.51. The molecule has 1 aliphatic heterocycles. The number of carbonyl (C=O) groups excluding carboxylic acids is 1. The highest BCUT2D eigenvalue weighted by Gasteiger charge is 2.26. The molecule has 2 N–H and O–H groups in total. The maximum atomic E-state index is 14.6. The third-order valence-corrected chi connectivity index (χ3v) is 5.93. The molecule has 0 bridgehead atoms. The lowest BCUT2D eigenvalue weighted by Gasteiger charge is -2.32. The molecule has 0 aliphatic carbocycles. The standard InChI is InChI=1S/C22H17F3N2O6S/c1-31-17-9-14(24)15(26-33-22(30)20-12(21(28)29)4-7-34-20)8-11(17)10-27-5-6-32-16-3-2-13(23)18(25)19(16)27/h2-4,7-9,26H,5-6,10H2,1H3,(H,28,29). The van der Waals surface area contributed by atoms with Crippen LogP contribution in [0.4, 0.5) is 24.5 Å². The Bertz CT molecular complexity index is 1270. The molecule has 0 unspecified atom stereocenters. The van der Waals surface area contributed by atoms with E-state index in [4.69, 9.17) is 19.4 Å². The molecule has 8 nitrogen and oxygen atoms in total. The molecule has 0 atom stereocenters. The van der Waals surface area contributed by atoms with Gasteiger partial charge in [0.15, 0.2) is 17.5 Å². The van der Waals surface area contributed by atoms with E-state index in [9.17, 15) is 22.8 Å². The van der Waals surface area contributed by atoms with Crippen LogP contribution in [0.5, 0.6) is 11.5 Å². The first-order valence-electron chi connectivity index (χ1n) is 9.80. The molecule has 34 heavy (non-hydrogen) atoms. The minimum atomic E-state index is -1.31. The quantitative estimate of drug-likeness (QED) is 0.465. The molecule has 0 saturated heterocycles. The first kappa shape index (κ1) is 23.2. The first-order chi connectivity index (χ1) is 16.3. The normalized spacial score (nSPS) is 12.5. The van der Waals surface area contributed by atoms with E-state index in [2.05, 4.69) is 5.48 Å². The SMILES string of the molecule is COc1cc(F)c(NOC(=O)c2sccc2C(=O)O)cc1CN1CCOc2ccc(F)c(F)c21. The number of thiophene rings is 1. The summed E-state index contributed by atoms with van der Waals surface area (Å²) in [6.45, 7) is 0.440. The first-order valence-corrected chi connectivity index (χ1v) is 10.7. The van der Waals surface area contributed by atoms with Gasteiger partial charge in [0.25, 0.3) is 0 Å². The van der Waals surface area contributed by atoms with Crippen molar-refractivity contribution >= 4 is 34.7 Å². The lowest BCUT2D eigenvalue weighted by Crippen LogP contribution is -2.33. The summed E-state index contributed by atoms with van der Waals surface area (Å²) in [5.74, 6) is -4.95. The molecule has 0 spiro atoms. The van der Waals surface area contributed by atoms with E-state index in [1.165, 1.54) is 35.6 Å². The van der Waals surface area contributed by atoms with Gasteiger partial charge in [0, 0.05) is 18.2 Å². The summed E-state index contributed by atoms with van der Waals surface area (Å²) < 4.78 is 53.5. The largest absolute Gasteiger partial charge is 0.496 e. The Morgan fingerprint density at radius 2 is 2.00 bits per heavy atom. The zero-order valence-electron chi connectivity index (χ0n) is 17.6. The summed E-state index contributed by atoms with van der Waals surface area (Å²) in [7, 11) is 1.32. The number of hydrogen-bond acceptors (Lipinski definition) is 8. The molecule has 3 aromatic rings. The van der Waals surface area contributed by atoms with Gasteiger partial charge in [-0.3, -0.25) is 0 Å². The lowest BCUT2D eigenvalue weighted by molar-refractivity contribution is 0.0584. The third-order valence-electron chi connectivity index (χ3n) is 5.03. The number of halogens is 3. The van der Waals surface area contributed by atoms with Crippen molar-refractivity contribution in [2.45, 2.75) is 6.54 Å². The van der Waals surface area contributed by atoms with Crippen molar-refractivity contribution < 1.29 is 42.2 Å². The van der Waals surface area contributed by atoms with E-state index in [0.29, 0.717) is 5.56 Å². The molecule has 0 amide bonds. The molecule has 12 heteroatoms. The molecule has 1 aliphatic rings. The number of rotatable bonds is 7. The zero-order valence-corrected chi connectivity index (χ0v) is 18.4. The number of carboxylic acids is 1. The highest BCUT2D eigenvalue weighted by molar-refractivity contribution is 7.12. The smallest absolute Gasteiger partial charge is 0.373 e. The molecule has 2 heterocycles. The number of carboxylic acid groups (broad SMARTS) is 1. The Hall–Kier alpha value is -3.93. The van der Waals surface area contributed by atoms with Gasteiger partial charge >= 0.3 is 11.9 Å². The van der Waals surface area contributed by atoms with Gasteiger partial charge in [-0.05, 0) is 29.6 Å². The number of aromatic carboxylic acids is 1. The fourth-order valence-electron chi connectivity index (χ4n) is 3.45. The van der Waals surface area contributed by atoms with Crippen molar-refractivity contribution in [1.82, 2.24) is 0 Å². The Kier molecular flexibility index (Phi) is 6.50. The molecular formula is C22H17F3N2O6S. The summed E-state index contributed by atoms with van der Waals surface area (Å²) in [6.07, 6.45) is 0. The molecule has 0 radical (unpaired) electrons. The van der Waals surface area contributed by atoms with Gasteiger partial charge < -0.3 is 24.3 Å². The highest BCUT2D eigenvalue weighted by Crippen LogP contribution is 2.38. The van der Waals surface area contributed by atoms with Gasteiger partial charge in [0.2, 0.25) is 0 Å². The Morgan fingerprint density at radius 1 is 1.21 bits per heavy atom. The molecule has 1 aromatic heterocycles. The third kappa shape index (κ3) is 4.44. The van der Waals surface area contributed by atoms with Crippen molar-refractivity contribution in [3.8, 4) is 11.5 Å². The van der Waals surface area contributed by atoms with Gasteiger partial charge in [-0.15, -0.1) is 11.3 Å². The Labute approximate surface area is 195 Å². The van der Waals surface area contributed by atoms with Gasteiger partial charge in [-0.1, -0.05) is 0 Å². The Balaban J connectivity index is 1.58. The number of carbonyl (C=O) groups is 2. The average molecular weight is 494 g/mol. The monoisotopic (exact) mass is 494 g/mol. The van der Waals surface area contributed by atoms with Crippen LogP contribution >= 0.6 is 11.3 Å². The van der Waals surface area contributed by atoms with E-state index in [0.717, 1.165) is 23.5 Å². The second-order valence-corrected chi connectivity index (χ2v) is 8.00. The number of benzene rings is 2. The van der Waals surface area contributed by atoms with Crippen molar-refractivity contribution in [3.05, 3.63) is 69.2 Å². The number of nitrogens with one attached hydrogen (secondary N) is 1. The van der Waals surface area contributed by atoms with Gasteiger partial charge in [-0.2, -0.15) is 0 Å². The van der Waals surface area contributed by atoms with Crippen LogP contribution in [0.25, 0.3) is 0 Å². The predicted octanol–water partition coefficient (Wildman–Crippen LogP) is 4.46. The van der Waals surface area contributed by atoms with E-state index < -0.39 is 29.4 Å². The number of nitrogens with zero attached hydrogens (tertiary/aromatic N) is 1.